The van der Waals surface area contributed by atoms with Crippen LogP contribution in [0.3, 0.4) is 0 Å². The zero-order chi connectivity index (χ0) is 19.1. The summed E-state index contributed by atoms with van der Waals surface area (Å²) in [6, 6.07) is 15.6. The van der Waals surface area contributed by atoms with E-state index in [1.165, 1.54) is 6.07 Å². The van der Waals surface area contributed by atoms with Crippen molar-refractivity contribution in [3.8, 4) is 11.5 Å². The second-order valence-electron chi connectivity index (χ2n) is 5.79. The first-order valence-electron chi connectivity index (χ1n) is 8.73. The Balaban J connectivity index is 1.51. The van der Waals surface area contributed by atoms with E-state index in [0.29, 0.717) is 23.3 Å². The van der Waals surface area contributed by atoms with E-state index in [1.54, 1.807) is 36.4 Å². The largest absolute Gasteiger partial charge is 0.494 e. The van der Waals surface area contributed by atoms with E-state index < -0.39 is 11.6 Å². The van der Waals surface area contributed by atoms with Gasteiger partial charge in [-0.05, 0) is 42.8 Å². The molecule has 1 aromatic heterocycles. The third kappa shape index (κ3) is 4.88. The first-order valence-corrected chi connectivity index (χ1v) is 8.73. The SMILES string of the molecule is CCCOc1ccc(OCCOC(=O)c2cc3ccccc3oc2=O)cc1. The fourth-order valence-electron chi connectivity index (χ4n) is 2.43. The van der Waals surface area contributed by atoms with Crippen molar-refractivity contribution in [2.45, 2.75) is 13.3 Å². The van der Waals surface area contributed by atoms with Crippen LogP contribution in [-0.4, -0.2) is 25.8 Å². The summed E-state index contributed by atoms with van der Waals surface area (Å²) in [4.78, 5) is 24.0. The van der Waals surface area contributed by atoms with Crippen LogP contribution in [0, 0.1) is 0 Å². The first-order chi connectivity index (χ1) is 13.2. The minimum Gasteiger partial charge on any atom is -0.494 e. The summed E-state index contributed by atoms with van der Waals surface area (Å²) in [6.45, 7) is 2.89. The van der Waals surface area contributed by atoms with Crippen molar-refractivity contribution in [3.63, 3.8) is 0 Å². The molecule has 0 spiro atoms. The molecule has 0 atom stereocenters. The highest BCUT2D eigenvalue weighted by molar-refractivity contribution is 5.92. The zero-order valence-electron chi connectivity index (χ0n) is 15.0. The lowest BCUT2D eigenvalue weighted by molar-refractivity contribution is 0.0446. The van der Waals surface area contributed by atoms with Crippen LogP contribution >= 0.6 is 0 Å². The van der Waals surface area contributed by atoms with Gasteiger partial charge in [-0.25, -0.2) is 9.59 Å². The molecule has 3 aromatic rings. The summed E-state index contributed by atoms with van der Waals surface area (Å²) in [7, 11) is 0. The van der Waals surface area contributed by atoms with Crippen molar-refractivity contribution in [1.82, 2.24) is 0 Å². The Morgan fingerprint density at radius 2 is 1.59 bits per heavy atom. The number of hydrogen-bond acceptors (Lipinski definition) is 6. The molecule has 0 bridgehead atoms. The van der Waals surface area contributed by atoms with Crippen LogP contribution in [0.25, 0.3) is 11.0 Å². The fourth-order valence-corrected chi connectivity index (χ4v) is 2.43. The van der Waals surface area contributed by atoms with Gasteiger partial charge in [0.2, 0.25) is 0 Å². The lowest BCUT2D eigenvalue weighted by Crippen LogP contribution is -2.19. The second kappa shape index (κ2) is 8.89. The van der Waals surface area contributed by atoms with Crippen LogP contribution in [0.2, 0.25) is 0 Å². The molecule has 0 unspecified atom stereocenters. The van der Waals surface area contributed by atoms with Crippen molar-refractivity contribution in [2.75, 3.05) is 19.8 Å². The number of hydrogen-bond donors (Lipinski definition) is 0. The van der Waals surface area contributed by atoms with E-state index in [2.05, 4.69) is 0 Å². The summed E-state index contributed by atoms with van der Waals surface area (Å²) in [5.74, 6) is 0.681. The third-order valence-electron chi connectivity index (χ3n) is 3.74. The smallest absolute Gasteiger partial charge is 0.351 e. The molecule has 0 fully saturated rings. The fraction of sp³-hybridized carbons (Fsp3) is 0.238. The molecule has 0 saturated carbocycles. The Labute approximate surface area is 156 Å². The minimum atomic E-state index is -0.735. The molecular formula is C21H20O6. The second-order valence-corrected chi connectivity index (χ2v) is 5.79. The summed E-state index contributed by atoms with van der Waals surface area (Å²) < 4.78 is 21.2. The molecular weight excluding hydrogens is 348 g/mol. The standard InChI is InChI=1S/C21H20O6/c1-2-11-24-16-7-9-17(10-8-16)25-12-13-26-20(22)18-14-15-5-3-4-6-19(15)27-21(18)23/h3-10,14H,2,11-13H2,1H3. The number of para-hydroxylation sites is 1. The van der Waals surface area contributed by atoms with Crippen LogP contribution < -0.4 is 15.1 Å². The number of fused-ring (bicyclic) bond motifs is 1. The number of carbonyl (C=O) groups excluding carboxylic acids is 1. The molecule has 0 aliphatic carbocycles. The monoisotopic (exact) mass is 368 g/mol. The molecule has 6 nitrogen and oxygen atoms in total. The van der Waals surface area contributed by atoms with E-state index in [9.17, 15) is 9.59 Å². The van der Waals surface area contributed by atoms with Gasteiger partial charge in [0.25, 0.3) is 0 Å². The molecule has 0 aliphatic rings. The quantitative estimate of drug-likeness (QED) is 0.342. The number of carbonyl (C=O) groups is 1. The van der Waals surface area contributed by atoms with Gasteiger partial charge in [-0.15, -0.1) is 0 Å². The Morgan fingerprint density at radius 3 is 2.30 bits per heavy atom. The average molecular weight is 368 g/mol. The van der Waals surface area contributed by atoms with Gasteiger partial charge < -0.3 is 18.6 Å². The Bertz CT molecular complexity index is 958. The molecule has 140 valence electrons. The number of rotatable bonds is 8. The van der Waals surface area contributed by atoms with Crippen LogP contribution in [0.1, 0.15) is 23.7 Å². The Morgan fingerprint density at radius 1 is 0.926 bits per heavy atom. The highest BCUT2D eigenvalue weighted by Crippen LogP contribution is 2.18. The van der Waals surface area contributed by atoms with Crippen LogP contribution in [-0.2, 0) is 4.74 Å². The van der Waals surface area contributed by atoms with Crippen molar-refractivity contribution < 1.29 is 23.4 Å². The molecule has 0 saturated heterocycles. The highest BCUT2D eigenvalue weighted by Gasteiger charge is 2.15. The van der Waals surface area contributed by atoms with E-state index in [1.807, 2.05) is 19.1 Å². The molecule has 3 rings (SSSR count). The normalized spacial score (nSPS) is 10.6. The van der Waals surface area contributed by atoms with Crippen molar-refractivity contribution in [1.29, 1.82) is 0 Å². The zero-order valence-corrected chi connectivity index (χ0v) is 15.0. The summed E-state index contributed by atoms with van der Waals surface area (Å²) in [5, 5.41) is 0.658. The van der Waals surface area contributed by atoms with Gasteiger partial charge >= 0.3 is 11.6 Å². The van der Waals surface area contributed by atoms with Gasteiger partial charge in [0.05, 0.1) is 6.61 Å². The molecule has 0 amide bonds. The predicted molar refractivity (Wildman–Crippen MR) is 100 cm³/mol. The van der Waals surface area contributed by atoms with E-state index in [0.717, 1.165) is 12.2 Å². The maximum Gasteiger partial charge on any atom is 0.351 e. The van der Waals surface area contributed by atoms with Crippen LogP contribution in [0.15, 0.2) is 63.8 Å². The summed E-state index contributed by atoms with van der Waals surface area (Å²) >= 11 is 0. The minimum absolute atomic E-state index is 0.0131. The van der Waals surface area contributed by atoms with Crippen molar-refractivity contribution >= 4 is 16.9 Å². The third-order valence-corrected chi connectivity index (χ3v) is 3.74. The summed E-state index contributed by atoms with van der Waals surface area (Å²) in [6.07, 6.45) is 0.944. The summed E-state index contributed by atoms with van der Waals surface area (Å²) in [5.41, 5.74) is -0.429. The van der Waals surface area contributed by atoms with E-state index >= 15 is 0 Å². The average Bonchev–Trinajstić information content (AvgIpc) is 2.69. The maximum atomic E-state index is 12.1. The molecule has 6 heteroatoms. The Hall–Kier alpha value is -3.28. The molecule has 2 aromatic carbocycles. The lowest BCUT2D eigenvalue weighted by Gasteiger charge is -2.09. The first kappa shape index (κ1) is 18.5. The molecule has 27 heavy (non-hydrogen) atoms. The topological polar surface area (TPSA) is 75.0 Å². The van der Waals surface area contributed by atoms with Gasteiger partial charge in [-0.3, -0.25) is 0 Å². The van der Waals surface area contributed by atoms with Gasteiger partial charge in [0.15, 0.2) is 0 Å². The Kier molecular flexibility index (Phi) is 6.10. The van der Waals surface area contributed by atoms with Gasteiger partial charge in [0.1, 0.15) is 35.9 Å². The van der Waals surface area contributed by atoms with Crippen molar-refractivity contribution in [3.05, 3.63) is 70.6 Å². The van der Waals surface area contributed by atoms with E-state index in [-0.39, 0.29) is 18.8 Å². The maximum absolute atomic E-state index is 12.1. The van der Waals surface area contributed by atoms with E-state index in [4.69, 9.17) is 18.6 Å². The van der Waals surface area contributed by atoms with Gasteiger partial charge in [-0.1, -0.05) is 25.1 Å². The van der Waals surface area contributed by atoms with Crippen LogP contribution in [0.5, 0.6) is 11.5 Å². The molecule has 0 N–H and O–H groups in total. The molecule has 0 aliphatic heterocycles. The van der Waals surface area contributed by atoms with Crippen LogP contribution in [0.4, 0.5) is 0 Å². The number of esters is 1. The molecule has 0 radical (unpaired) electrons. The highest BCUT2D eigenvalue weighted by atomic mass is 16.6. The number of benzene rings is 2. The predicted octanol–water partition coefficient (Wildman–Crippen LogP) is 3.82. The van der Waals surface area contributed by atoms with Gasteiger partial charge in [-0.2, -0.15) is 0 Å². The van der Waals surface area contributed by atoms with Crippen molar-refractivity contribution in [2.24, 2.45) is 0 Å². The molecule has 1 heterocycles. The van der Waals surface area contributed by atoms with Gasteiger partial charge in [0, 0.05) is 5.39 Å². The lowest BCUT2D eigenvalue weighted by atomic mass is 10.2. The number of ether oxygens (including phenoxy) is 3.